The van der Waals surface area contributed by atoms with Crippen LogP contribution in [0.25, 0.3) is 0 Å². The number of carbonyl (C=O) groups excluding carboxylic acids is 1. The number of ether oxygens (including phenoxy) is 1. The first kappa shape index (κ1) is 24.1. The molecule has 0 saturated carbocycles. The van der Waals surface area contributed by atoms with Gasteiger partial charge in [-0.15, -0.1) is 0 Å². The number of carboxylic acid groups (broad SMARTS) is 1. The average Bonchev–Trinajstić information content (AvgIpc) is 2.85. The summed E-state index contributed by atoms with van der Waals surface area (Å²) in [6, 6.07) is -0.276. The van der Waals surface area contributed by atoms with E-state index in [9.17, 15) is 14.7 Å². The Morgan fingerprint density at radius 2 is 1.83 bits per heavy atom. The molecule has 1 amide bonds. The van der Waals surface area contributed by atoms with Crippen molar-refractivity contribution in [2.45, 2.75) is 77.9 Å². The van der Waals surface area contributed by atoms with E-state index in [4.69, 9.17) is 9.16 Å². The van der Waals surface area contributed by atoms with E-state index in [0.29, 0.717) is 22.5 Å². The van der Waals surface area contributed by atoms with Gasteiger partial charge in [0.1, 0.15) is 14.9 Å². The second-order valence-electron chi connectivity index (χ2n) is 9.95. The van der Waals surface area contributed by atoms with Crippen LogP contribution in [0.3, 0.4) is 0 Å². The van der Waals surface area contributed by atoms with Crippen LogP contribution in [-0.4, -0.2) is 58.9 Å². The third kappa shape index (κ3) is 5.51. The lowest BCUT2D eigenvalue weighted by molar-refractivity contribution is 0.0129. The second kappa shape index (κ2) is 8.18. The first-order valence-electron chi connectivity index (χ1n) is 9.65. The summed E-state index contributed by atoms with van der Waals surface area (Å²) < 4.78 is 14.0. The van der Waals surface area contributed by atoms with Crippen LogP contribution >= 0.6 is 22.6 Å². The summed E-state index contributed by atoms with van der Waals surface area (Å²) in [5, 5.41) is 14.2. The van der Waals surface area contributed by atoms with Gasteiger partial charge in [0, 0.05) is 6.54 Å². The highest BCUT2D eigenvalue weighted by atomic mass is 127. The number of carboxylic acids is 1. The first-order chi connectivity index (χ1) is 13.0. The monoisotopic (exact) mass is 537 g/mol. The van der Waals surface area contributed by atoms with E-state index in [1.807, 2.05) is 43.4 Å². The lowest BCUT2D eigenvalue weighted by Crippen LogP contribution is -2.47. The number of halogens is 1. The average molecular weight is 537 g/mol. The highest BCUT2D eigenvalue weighted by molar-refractivity contribution is 14.1. The van der Waals surface area contributed by atoms with Gasteiger partial charge in [-0.1, -0.05) is 20.8 Å². The number of aromatic carboxylic acids is 1. The maximum Gasteiger partial charge on any atom is 0.410 e. The molecule has 0 bridgehead atoms. The number of fused-ring (bicyclic) bond motifs is 1. The number of aromatic nitrogens is 2. The zero-order valence-corrected chi connectivity index (χ0v) is 21.7. The van der Waals surface area contributed by atoms with E-state index in [1.165, 1.54) is 0 Å². The van der Waals surface area contributed by atoms with Crippen molar-refractivity contribution < 1.29 is 23.9 Å². The van der Waals surface area contributed by atoms with Crippen LogP contribution in [0.5, 0.6) is 0 Å². The van der Waals surface area contributed by atoms with Crippen molar-refractivity contribution in [1.82, 2.24) is 14.7 Å². The van der Waals surface area contributed by atoms with Crippen LogP contribution in [0.4, 0.5) is 4.79 Å². The molecular formula is C19H32IN3O5Si. The van der Waals surface area contributed by atoms with Crippen molar-refractivity contribution in [3.8, 4) is 0 Å². The Labute approximate surface area is 187 Å². The molecule has 1 aliphatic rings. The molecule has 0 fully saturated rings. The van der Waals surface area contributed by atoms with Crippen LogP contribution in [0.2, 0.25) is 18.1 Å². The molecule has 164 valence electrons. The molecule has 29 heavy (non-hydrogen) atoms. The highest BCUT2D eigenvalue weighted by Crippen LogP contribution is 2.37. The molecule has 1 aliphatic heterocycles. The molecule has 10 heteroatoms. The molecule has 0 aromatic carbocycles. The molecule has 0 spiro atoms. The quantitative estimate of drug-likeness (QED) is 0.449. The van der Waals surface area contributed by atoms with E-state index in [0.717, 1.165) is 0 Å². The summed E-state index contributed by atoms with van der Waals surface area (Å²) in [6.07, 6.45) is -0.464. The Balaban J connectivity index is 2.36. The van der Waals surface area contributed by atoms with Gasteiger partial charge >= 0.3 is 12.1 Å². The molecule has 0 radical (unpaired) electrons. The Morgan fingerprint density at radius 3 is 2.31 bits per heavy atom. The van der Waals surface area contributed by atoms with Gasteiger partial charge in [-0.2, -0.15) is 5.10 Å². The van der Waals surface area contributed by atoms with Crippen molar-refractivity contribution in [2.75, 3.05) is 13.2 Å². The largest absolute Gasteiger partial charge is 0.478 e. The van der Waals surface area contributed by atoms with Gasteiger partial charge in [-0.25, -0.2) is 9.59 Å². The van der Waals surface area contributed by atoms with Crippen molar-refractivity contribution in [2.24, 2.45) is 0 Å². The van der Waals surface area contributed by atoms with Crippen molar-refractivity contribution in [3.63, 3.8) is 0 Å². The fourth-order valence-electron chi connectivity index (χ4n) is 2.79. The normalized spacial score (nSPS) is 17.8. The van der Waals surface area contributed by atoms with Gasteiger partial charge in [0.05, 0.1) is 24.9 Å². The number of hydrogen-bond donors (Lipinski definition) is 1. The molecule has 2 heterocycles. The third-order valence-corrected chi connectivity index (χ3v) is 10.6. The summed E-state index contributed by atoms with van der Waals surface area (Å²) in [4.78, 5) is 26.1. The minimum absolute atomic E-state index is 0.0418. The van der Waals surface area contributed by atoms with E-state index in [-0.39, 0.29) is 23.2 Å². The Hall–Kier alpha value is -1.14. The molecule has 1 aromatic rings. The topological polar surface area (TPSA) is 93.9 Å². The van der Waals surface area contributed by atoms with Crippen LogP contribution in [0.1, 0.15) is 63.6 Å². The highest BCUT2D eigenvalue weighted by Gasteiger charge is 2.40. The van der Waals surface area contributed by atoms with Crippen LogP contribution in [-0.2, 0) is 15.7 Å². The molecule has 1 atom stereocenters. The van der Waals surface area contributed by atoms with Gasteiger partial charge in [0.15, 0.2) is 8.32 Å². The third-order valence-electron chi connectivity index (χ3n) is 5.39. The Kier molecular flexibility index (Phi) is 6.80. The summed E-state index contributed by atoms with van der Waals surface area (Å²) in [7, 11) is -2.02. The van der Waals surface area contributed by atoms with Gasteiger partial charge in [-0.3, -0.25) is 4.68 Å². The van der Waals surface area contributed by atoms with Gasteiger partial charge in [0.25, 0.3) is 0 Å². The zero-order chi connectivity index (χ0) is 22.4. The van der Waals surface area contributed by atoms with Gasteiger partial charge in [-0.05, 0) is 61.5 Å². The number of hydrogen-bond acceptors (Lipinski definition) is 5. The predicted molar refractivity (Wildman–Crippen MR) is 121 cm³/mol. The standard InChI is InChI=1S/C19H32IN3O5Si/c1-18(2,3)28-17(26)22-9-12(11-27-29(7,8)19(4,5)6)23-13(10-22)14(16(24)25)15(20)21-23/h12H,9-11H2,1-8H3,(H,24,25). The summed E-state index contributed by atoms with van der Waals surface area (Å²) in [6.45, 7) is 17.1. The Morgan fingerprint density at radius 1 is 1.24 bits per heavy atom. The van der Waals surface area contributed by atoms with E-state index in [1.54, 1.807) is 9.58 Å². The molecule has 0 aliphatic carbocycles. The summed E-state index contributed by atoms with van der Waals surface area (Å²) >= 11 is 1.93. The minimum atomic E-state index is -2.02. The zero-order valence-electron chi connectivity index (χ0n) is 18.5. The van der Waals surface area contributed by atoms with E-state index >= 15 is 0 Å². The fraction of sp³-hybridized carbons (Fsp3) is 0.737. The van der Waals surface area contributed by atoms with Crippen molar-refractivity contribution in [3.05, 3.63) is 15.0 Å². The van der Waals surface area contributed by atoms with Gasteiger partial charge < -0.3 is 19.2 Å². The van der Waals surface area contributed by atoms with E-state index < -0.39 is 26.0 Å². The number of amides is 1. The first-order valence-corrected chi connectivity index (χ1v) is 13.6. The molecular weight excluding hydrogens is 505 g/mol. The lowest BCUT2D eigenvalue weighted by Gasteiger charge is -2.39. The molecule has 1 aromatic heterocycles. The molecule has 1 N–H and O–H groups in total. The number of nitrogens with zero attached hydrogens (tertiary/aromatic N) is 3. The number of carbonyl (C=O) groups is 2. The molecule has 8 nitrogen and oxygen atoms in total. The smallest absolute Gasteiger partial charge is 0.410 e. The lowest BCUT2D eigenvalue weighted by atomic mass is 10.1. The maximum atomic E-state index is 12.7. The summed E-state index contributed by atoms with van der Waals surface area (Å²) in [5.74, 6) is -1.05. The predicted octanol–water partition coefficient (Wildman–Crippen LogP) is 4.50. The van der Waals surface area contributed by atoms with E-state index in [2.05, 4.69) is 39.0 Å². The maximum absolute atomic E-state index is 12.7. The summed E-state index contributed by atoms with van der Waals surface area (Å²) in [5.41, 5.74) is 0.00501. The molecule has 0 saturated heterocycles. The van der Waals surface area contributed by atoms with Crippen molar-refractivity contribution in [1.29, 1.82) is 0 Å². The number of rotatable bonds is 4. The van der Waals surface area contributed by atoms with Crippen LogP contribution in [0, 0.1) is 3.70 Å². The molecule has 1 unspecified atom stereocenters. The Bertz CT molecular complexity index is 795. The molecule has 2 rings (SSSR count). The fourth-order valence-corrected chi connectivity index (χ4v) is 4.61. The second-order valence-corrected chi connectivity index (χ2v) is 15.8. The van der Waals surface area contributed by atoms with Crippen LogP contribution in [0.15, 0.2) is 0 Å². The van der Waals surface area contributed by atoms with Crippen molar-refractivity contribution >= 4 is 43.0 Å². The van der Waals surface area contributed by atoms with Crippen LogP contribution < -0.4 is 0 Å². The van der Waals surface area contributed by atoms with Gasteiger partial charge in [0.2, 0.25) is 0 Å². The minimum Gasteiger partial charge on any atom is -0.478 e. The SMILES string of the molecule is CC(C)(C)OC(=O)N1Cc2c(C(=O)O)c(I)nn2C(CO[Si](C)(C)C(C)(C)C)C1.